The maximum Gasteiger partial charge on any atom is 0.223 e. The minimum atomic E-state index is 0.623. The smallest absolute Gasteiger partial charge is 0.223 e. The molecular weight excluding hydrogens is 999 g/mol. The molecule has 9 aromatic heterocycles. The first-order chi connectivity index (χ1) is 37.2. The van der Waals surface area contributed by atoms with Crippen LogP contribution in [-0.4, -0.2) is 164 Å². The normalized spacial score (nSPS) is 13.3. The van der Waals surface area contributed by atoms with Crippen LogP contribution in [0, 0.1) is 89.0 Å². The predicted molar refractivity (Wildman–Crippen MR) is 313 cm³/mol. The summed E-state index contributed by atoms with van der Waals surface area (Å²) in [5.41, 5.74) is 9.00. The lowest BCUT2D eigenvalue weighted by Gasteiger charge is -2.28. The fourth-order valence-electron chi connectivity index (χ4n) is 6.34. The van der Waals surface area contributed by atoms with Crippen LogP contribution in [0.4, 0.5) is 0 Å². The van der Waals surface area contributed by atoms with Gasteiger partial charge in [-0.1, -0.05) is 23.4 Å². The number of likely N-dealkylation sites (N-methyl/N-ethyl adjacent to an activating group) is 2. The summed E-state index contributed by atoms with van der Waals surface area (Å²) in [4.78, 5) is 22.9. The van der Waals surface area contributed by atoms with Crippen molar-refractivity contribution in [3.63, 3.8) is 0 Å². The summed E-state index contributed by atoms with van der Waals surface area (Å²) < 4.78 is 20.4. The SMILES string of the molecule is CC1CCN(C)C1.CN1CCN(C)CC1.Cc1ccc(C)nc1.Cc1ccn(C)n1.Cc1ccnn1C.Cc1cn(C)cn1.Cc1cn(C)nn1.Cc1cncn1C.Cc1cnn(C)c1.Cc1nnc(C)o1.Cc1noc(C)n1. The monoisotopic (exact) mass is 1090 g/mol. The topological polar surface area (TPSA) is 220 Å². The van der Waals surface area contributed by atoms with Gasteiger partial charge in [0, 0.05) is 156 Å². The highest BCUT2D eigenvalue weighted by atomic mass is 16.5. The van der Waals surface area contributed by atoms with Crippen LogP contribution >= 0.6 is 0 Å². The largest absolute Gasteiger partial charge is 0.426 e. The molecule has 0 bridgehead atoms. The van der Waals surface area contributed by atoms with Gasteiger partial charge in [-0.3, -0.25) is 23.7 Å². The maximum atomic E-state index is 4.86. The molecule has 1 atom stereocenters. The van der Waals surface area contributed by atoms with E-state index in [1.807, 2.05) is 173 Å². The molecule has 2 aliphatic heterocycles. The second kappa shape index (κ2) is 39.0. The summed E-state index contributed by atoms with van der Waals surface area (Å²) in [6.45, 7) is 32.9. The molecule has 79 heavy (non-hydrogen) atoms. The van der Waals surface area contributed by atoms with Gasteiger partial charge in [0.2, 0.25) is 17.7 Å². The number of aromatic nitrogens is 18. The summed E-state index contributed by atoms with van der Waals surface area (Å²) in [5, 5.41) is 30.0. The summed E-state index contributed by atoms with van der Waals surface area (Å²) >= 11 is 0. The van der Waals surface area contributed by atoms with Crippen molar-refractivity contribution in [1.29, 1.82) is 0 Å². The Labute approximate surface area is 471 Å². The lowest BCUT2D eigenvalue weighted by atomic mass is 10.2. The highest BCUT2D eigenvalue weighted by Crippen LogP contribution is 2.11. The molecule has 0 aromatic carbocycles. The number of hydrogen-bond donors (Lipinski definition) is 0. The fraction of sp³-hybridized carbons (Fsp3) is 0.536. The molecule has 436 valence electrons. The third-order valence-corrected chi connectivity index (χ3v) is 11.0. The summed E-state index contributed by atoms with van der Waals surface area (Å²) in [7, 11) is 18.1. The van der Waals surface area contributed by atoms with Crippen LogP contribution in [0.5, 0.6) is 0 Å². The number of hydrogen-bond acceptors (Lipinski definition) is 17. The molecule has 2 saturated heterocycles. The number of rotatable bonds is 0. The summed E-state index contributed by atoms with van der Waals surface area (Å²) in [6.07, 6.45) is 20.0. The van der Waals surface area contributed by atoms with Crippen LogP contribution < -0.4 is 0 Å². The lowest BCUT2D eigenvalue weighted by Crippen LogP contribution is -2.42. The van der Waals surface area contributed by atoms with E-state index in [2.05, 4.69) is 114 Å². The first kappa shape index (κ1) is 69.5. The molecule has 0 aliphatic carbocycles. The minimum absolute atomic E-state index is 0.623. The van der Waals surface area contributed by atoms with E-state index < -0.39 is 0 Å². The third kappa shape index (κ3) is 36.3. The molecule has 11 heterocycles. The van der Waals surface area contributed by atoms with Crippen molar-refractivity contribution in [1.82, 2.24) is 103 Å². The quantitative estimate of drug-likeness (QED) is 0.142. The molecular formula is C56H95N21O2. The molecule has 11 rings (SSSR count). The third-order valence-electron chi connectivity index (χ3n) is 11.0. The van der Waals surface area contributed by atoms with Crippen LogP contribution in [0.2, 0.25) is 0 Å². The number of likely N-dealkylation sites (tertiary alicyclic amines) is 1. The van der Waals surface area contributed by atoms with Crippen LogP contribution in [0.3, 0.4) is 0 Å². The Morgan fingerprint density at radius 1 is 0.519 bits per heavy atom. The van der Waals surface area contributed by atoms with Crippen molar-refractivity contribution >= 4 is 0 Å². The van der Waals surface area contributed by atoms with Gasteiger partial charge in [-0.15, -0.1) is 15.3 Å². The van der Waals surface area contributed by atoms with E-state index in [0.29, 0.717) is 23.5 Å². The fourth-order valence-corrected chi connectivity index (χ4v) is 6.34. The number of nitrogens with zero attached hydrogens (tertiary/aromatic N) is 21. The van der Waals surface area contributed by atoms with Gasteiger partial charge < -0.3 is 32.8 Å². The van der Waals surface area contributed by atoms with Gasteiger partial charge in [0.05, 0.1) is 35.9 Å². The minimum Gasteiger partial charge on any atom is -0.426 e. The zero-order valence-electron chi connectivity index (χ0n) is 51.8. The zero-order valence-corrected chi connectivity index (χ0v) is 51.8. The van der Waals surface area contributed by atoms with Gasteiger partial charge in [-0.2, -0.15) is 20.3 Å². The molecule has 23 heteroatoms. The first-order valence-electron chi connectivity index (χ1n) is 26.3. The van der Waals surface area contributed by atoms with Gasteiger partial charge in [-0.25, -0.2) is 9.97 Å². The Morgan fingerprint density at radius 3 is 1.34 bits per heavy atom. The maximum absolute atomic E-state index is 4.86. The van der Waals surface area contributed by atoms with E-state index in [-0.39, 0.29) is 0 Å². The molecule has 1 unspecified atom stereocenters. The number of pyridine rings is 1. The van der Waals surface area contributed by atoms with E-state index in [1.165, 1.54) is 68.2 Å². The van der Waals surface area contributed by atoms with Crippen LogP contribution in [0.15, 0.2) is 95.4 Å². The molecule has 2 aliphatic rings. The highest BCUT2D eigenvalue weighted by molar-refractivity contribution is 5.10. The Morgan fingerprint density at radius 2 is 1.16 bits per heavy atom. The first-order valence-corrected chi connectivity index (χ1v) is 26.3. The average molecular weight is 1090 g/mol. The van der Waals surface area contributed by atoms with Gasteiger partial charge in [-0.05, 0) is 132 Å². The standard InChI is InChI=1S/C7H9N.C6H14N2.C6H13N.5C5H8N2.C4H7N3.2C4H6N2O/c1-6-3-4-7(2)8-5-6;1-7-3-5-8(2)6-4-7;1-6-3-4-7(2)5-6;1-5-3-7(2)4-6-5;1-5-3-6-4-7(5)2;1-5-3-6-7(2)4-5;1-5-3-4-7(2)6-5;1-5-3-4-6-7(5)2;1-4-3-7(2)6-5-4;1-3-5-6-4(2)7-3;1-3-5-4(2)7-6-3/h3-5H,1-2H3;3-6H2,1-2H3;6H,3-5H2,1-2H3;5*3-4H,1-2H3;3H,1-2H3;2*1-2H3. The van der Waals surface area contributed by atoms with Gasteiger partial charge in [0.15, 0.2) is 5.82 Å². The molecule has 2 fully saturated rings. The van der Waals surface area contributed by atoms with Gasteiger partial charge in [0.1, 0.15) is 0 Å². The molecule has 0 amide bonds. The number of piperazine rings is 1. The average Bonchev–Trinajstić information content (AvgIpc) is 4.30. The van der Waals surface area contributed by atoms with E-state index in [0.717, 1.165) is 28.7 Å². The molecule has 9 aromatic rings. The summed E-state index contributed by atoms with van der Waals surface area (Å²) in [5.74, 6) is 3.51. The second-order valence-corrected chi connectivity index (χ2v) is 19.7. The lowest BCUT2D eigenvalue weighted by molar-refractivity contribution is 0.181. The highest BCUT2D eigenvalue weighted by Gasteiger charge is 2.13. The van der Waals surface area contributed by atoms with Crippen LogP contribution in [0.1, 0.15) is 82.1 Å². The van der Waals surface area contributed by atoms with E-state index in [9.17, 15) is 0 Å². The Hall–Kier alpha value is -7.50. The predicted octanol–water partition coefficient (Wildman–Crippen LogP) is 7.66. The van der Waals surface area contributed by atoms with Crippen LogP contribution in [0.25, 0.3) is 0 Å². The number of imidazole rings is 2. The zero-order chi connectivity index (χ0) is 59.5. The Bertz CT molecular complexity index is 2360. The molecule has 0 N–H and O–H groups in total. The van der Waals surface area contributed by atoms with Crippen molar-refractivity contribution in [3.8, 4) is 0 Å². The number of aryl methyl sites for hydroxylation is 18. The second-order valence-electron chi connectivity index (χ2n) is 19.7. The van der Waals surface area contributed by atoms with E-state index >= 15 is 0 Å². The Kier molecular flexibility index (Phi) is 34.3. The van der Waals surface area contributed by atoms with Gasteiger partial charge in [0.25, 0.3) is 0 Å². The molecule has 0 saturated carbocycles. The molecule has 0 spiro atoms. The van der Waals surface area contributed by atoms with Gasteiger partial charge >= 0.3 is 0 Å². The van der Waals surface area contributed by atoms with E-state index in [1.54, 1.807) is 60.6 Å². The molecule has 23 nitrogen and oxygen atoms in total. The van der Waals surface area contributed by atoms with Crippen molar-refractivity contribution in [2.24, 2.45) is 48.2 Å². The summed E-state index contributed by atoms with van der Waals surface area (Å²) in [6, 6.07) is 8.01. The van der Waals surface area contributed by atoms with Crippen LogP contribution in [-0.2, 0) is 42.3 Å². The van der Waals surface area contributed by atoms with Crippen molar-refractivity contribution < 1.29 is 8.94 Å². The van der Waals surface area contributed by atoms with E-state index in [4.69, 9.17) is 4.42 Å². The molecule has 0 radical (unpaired) electrons. The van der Waals surface area contributed by atoms with Crippen molar-refractivity contribution in [2.45, 2.75) is 96.4 Å². The van der Waals surface area contributed by atoms with Crippen molar-refractivity contribution in [3.05, 3.63) is 155 Å². The Balaban J connectivity index is 0.000000435. The van der Waals surface area contributed by atoms with Crippen molar-refractivity contribution in [2.75, 3.05) is 60.4 Å².